The van der Waals surface area contributed by atoms with Gasteiger partial charge >= 0.3 is 0 Å². The number of aryl methyl sites for hydroxylation is 1. The lowest BCUT2D eigenvalue weighted by Crippen LogP contribution is -1.91. The molecule has 0 aliphatic carbocycles. The van der Waals surface area contributed by atoms with Gasteiger partial charge < -0.3 is 9.72 Å². The van der Waals surface area contributed by atoms with Crippen molar-refractivity contribution >= 4 is 0 Å². The molecule has 0 radical (unpaired) electrons. The van der Waals surface area contributed by atoms with Gasteiger partial charge in [0.25, 0.3) is 0 Å². The van der Waals surface area contributed by atoms with Gasteiger partial charge in [0.2, 0.25) is 0 Å². The Morgan fingerprint density at radius 3 is 2.82 bits per heavy atom. The zero-order valence-electron chi connectivity index (χ0n) is 9.95. The molecule has 2 aromatic rings. The van der Waals surface area contributed by atoms with E-state index in [9.17, 15) is 0 Å². The zero-order valence-corrected chi connectivity index (χ0v) is 9.95. The molecule has 3 nitrogen and oxygen atoms in total. The third-order valence-electron chi connectivity index (χ3n) is 2.84. The fraction of sp³-hybridized carbons (Fsp3) is 0.214. The van der Waals surface area contributed by atoms with Crippen LogP contribution in [0.4, 0.5) is 0 Å². The van der Waals surface area contributed by atoms with Crippen molar-refractivity contribution in [3.05, 3.63) is 41.7 Å². The summed E-state index contributed by atoms with van der Waals surface area (Å²) in [6.07, 6.45) is 4.47. The van der Waals surface area contributed by atoms with Gasteiger partial charge in [-0.3, -0.25) is 0 Å². The highest BCUT2D eigenvalue weighted by atomic mass is 16.5. The van der Waals surface area contributed by atoms with Crippen molar-refractivity contribution in [1.29, 1.82) is 5.26 Å². The standard InChI is InChI=1S/C14H14N2O/c1-3-10-6-11(4-5-14(10)17-2)13-9-16-8-12(13)7-15/h4-6,8-9,16H,3H2,1-2H3. The van der Waals surface area contributed by atoms with E-state index in [2.05, 4.69) is 24.0 Å². The van der Waals surface area contributed by atoms with Gasteiger partial charge in [-0.2, -0.15) is 5.26 Å². The van der Waals surface area contributed by atoms with Crippen LogP contribution in [0.15, 0.2) is 30.6 Å². The summed E-state index contributed by atoms with van der Waals surface area (Å²) in [6.45, 7) is 2.09. The molecule has 0 atom stereocenters. The van der Waals surface area contributed by atoms with Crippen LogP contribution in [0.1, 0.15) is 18.1 Å². The van der Waals surface area contributed by atoms with E-state index in [-0.39, 0.29) is 0 Å². The Hall–Kier alpha value is -2.21. The van der Waals surface area contributed by atoms with Gasteiger partial charge in [0.05, 0.1) is 12.7 Å². The highest BCUT2D eigenvalue weighted by Gasteiger charge is 2.08. The molecule has 0 saturated heterocycles. The molecule has 0 bridgehead atoms. The van der Waals surface area contributed by atoms with Gasteiger partial charge in [-0.05, 0) is 29.7 Å². The van der Waals surface area contributed by atoms with Crippen LogP contribution >= 0.6 is 0 Å². The molecule has 1 N–H and O–H groups in total. The third kappa shape index (κ3) is 2.02. The van der Waals surface area contributed by atoms with E-state index in [1.165, 1.54) is 0 Å². The Morgan fingerprint density at radius 1 is 1.35 bits per heavy atom. The number of methoxy groups -OCH3 is 1. The average Bonchev–Trinajstić information content (AvgIpc) is 2.86. The van der Waals surface area contributed by atoms with Gasteiger partial charge in [-0.1, -0.05) is 13.0 Å². The Kier molecular flexibility index (Phi) is 3.15. The summed E-state index contributed by atoms with van der Waals surface area (Å²) in [5, 5.41) is 9.00. The van der Waals surface area contributed by atoms with Gasteiger partial charge in [0.15, 0.2) is 0 Å². The Bertz CT molecular complexity index is 564. The molecular weight excluding hydrogens is 212 g/mol. The molecule has 2 rings (SSSR count). The van der Waals surface area contributed by atoms with Gasteiger partial charge in [0, 0.05) is 18.0 Å². The number of nitrogens with one attached hydrogen (secondary N) is 1. The van der Waals surface area contributed by atoms with Crippen molar-refractivity contribution in [3.8, 4) is 22.9 Å². The van der Waals surface area contributed by atoms with E-state index in [1.54, 1.807) is 13.3 Å². The van der Waals surface area contributed by atoms with Crippen LogP contribution in [-0.2, 0) is 6.42 Å². The third-order valence-corrected chi connectivity index (χ3v) is 2.84. The van der Waals surface area contributed by atoms with E-state index in [1.807, 2.05) is 18.3 Å². The smallest absolute Gasteiger partial charge is 0.122 e. The quantitative estimate of drug-likeness (QED) is 0.874. The summed E-state index contributed by atoms with van der Waals surface area (Å²) in [4.78, 5) is 2.96. The van der Waals surface area contributed by atoms with Crippen LogP contribution in [0.25, 0.3) is 11.1 Å². The predicted octanol–water partition coefficient (Wildman–Crippen LogP) is 3.12. The molecule has 0 unspecified atom stereocenters. The number of H-pyrrole nitrogens is 1. The Balaban J connectivity index is 2.51. The van der Waals surface area contributed by atoms with Crippen molar-refractivity contribution in [2.75, 3.05) is 7.11 Å². The fourth-order valence-corrected chi connectivity index (χ4v) is 1.92. The normalized spacial score (nSPS) is 9.94. The second-order valence-corrected chi connectivity index (χ2v) is 3.77. The van der Waals surface area contributed by atoms with Crippen molar-refractivity contribution in [1.82, 2.24) is 4.98 Å². The van der Waals surface area contributed by atoms with Crippen molar-refractivity contribution in [2.45, 2.75) is 13.3 Å². The molecule has 0 aliphatic heterocycles. The zero-order chi connectivity index (χ0) is 12.3. The van der Waals surface area contributed by atoms with E-state index in [0.29, 0.717) is 5.56 Å². The Morgan fingerprint density at radius 2 is 2.18 bits per heavy atom. The van der Waals surface area contributed by atoms with E-state index >= 15 is 0 Å². The number of nitriles is 1. The van der Waals surface area contributed by atoms with E-state index < -0.39 is 0 Å². The molecule has 0 amide bonds. The molecule has 17 heavy (non-hydrogen) atoms. The molecule has 1 aromatic heterocycles. The SMILES string of the molecule is CCc1cc(-c2c[nH]cc2C#N)ccc1OC. The van der Waals surface area contributed by atoms with Crippen LogP contribution < -0.4 is 4.74 Å². The van der Waals surface area contributed by atoms with Crippen molar-refractivity contribution in [3.63, 3.8) is 0 Å². The number of nitrogens with zero attached hydrogens (tertiary/aromatic N) is 1. The van der Waals surface area contributed by atoms with Crippen molar-refractivity contribution in [2.24, 2.45) is 0 Å². The molecule has 1 heterocycles. The maximum atomic E-state index is 9.00. The first-order chi connectivity index (χ1) is 8.30. The maximum Gasteiger partial charge on any atom is 0.122 e. The number of rotatable bonds is 3. The summed E-state index contributed by atoms with van der Waals surface area (Å²) in [7, 11) is 1.67. The van der Waals surface area contributed by atoms with E-state index in [4.69, 9.17) is 10.00 Å². The first-order valence-corrected chi connectivity index (χ1v) is 5.54. The van der Waals surface area contributed by atoms with E-state index in [0.717, 1.165) is 28.9 Å². The average molecular weight is 226 g/mol. The van der Waals surface area contributed by atoms with Crippen LogP contribution in [-0.4, -0.2) is 12.1 Å². The summed E-state index contributed by atoms with van der Waals surface area (Å²) in [6, 6.07) is 8.17. The highest BCUT2D eigenvalue weighted by molar-refractivity contribution is 5.71. The van der Waals surface area contributed by atoms with Crippen molar-refractivity contribution < 1.29 is 4.74 Å². The molecular formula is C14H14N2O. The fourth-order valence-electron chi connectivity index (χ4n) is 1.92. The molecule has 86 valence electrons. The van der Waals surface area contributed by atoms with Crippen LogP contribution in [0, 0.1) is 11.3 Å². The molecule has 1 aromatic carbocycles. The van der Waals surface area contributed by atoms with Crippen LogP contribution in [0.3, 0.4) is 0 Å². The first-order valence-electron chi connectivity index (χ1n) is 5.54. The summed E-state index contributed by atoms with van der Waals surface area (Å²) in [5.41, 5.74) is 3.79. The number of benzene rings is 1. The minimum atomic E-state index is 0.664. The number of ether oxygens (including phenoxy) is 1. The minimum Gasteiger partial charge on any atom is -0.496 e. The molecule has 0 spiro atoms. The van der Waals surface area contributed by atoms with Crippen LogP contribution in [0.2, 0.25) is 0 Å². The first kappa shape index (κ1) is 11.3. The molecule has 0 saturated carbocycles. The summed E-state index contributed by atoms with van der Waals surface area (Å²) < 4.78 is 5.29. The lowest BCUT2D eigenvalue weighted by atomic mass is 10.0. The molecule has 3 heteroatoms. The lowest BCUT2D eigenvalue weighted by molar-refractivity contribution is 0.410. The number of hydrogen-bond acceptors (Lipinski definition) is 2. The topological polar surface area (TPSA) is 48.8 Å². The highest BCUT2D eigenvalue weighted by Crippen LogP contribution is 2.28. The monoisotopic (exact) mass is 226 g/mol. The number of aromatic nitrogens is 1. The Labute approximate surface area is 101 Å². The maximum absolute atomic E-state index is 9.00. The van der Waals surface area contributed by atoms with Gasteiger partial charge in [-0.15, -0.1) is 0 Å². The van der Waals surface area contributed by atoms with Crippen LogP contribution in [0.5, 0.6) is 5.75 Å². The predicted molar refractivity (Wildman–Crippen MR) is 66.9 cm³/mol. The summed E-state index contributed by atoms with van der Waals surface area (Å²) in [5.74, 6) is 0.894. The second-order valence-electron chi connectivity index (χ2n) is 3.77. The molecule has 0 aliphatic rings. The molecule has 0 fully saturated rings. The minimum absolute atomic E-state index is 0.664. The van der Waals surface area contributed by atoms with Gasteiger partial charge in [-0.25, -0.2) is 0 Å². The lowest BCUT2D eigenvalue weighted by Gasteiger charge is -2.08. The van der Waals surface area contributed by atoms with Gasteiger partial charge in [0.1, 0.15) is 11.8 Å². The largest absolute Gasteiger partial charge is 0.496 e. The second kappa shape index (κ2) is 4.75. The number of hydrogen-bond donors (Lipinski definition) is 1. The summed E-state index contributed by atoms with van der Waals surface area (Å²) >= 11 is 0. The number of aromatic amines is 1.